The van der Waals surface area contributed by atoms with Crippen LogP contribution in [0.2, 0.25) is 0 Å². The first-order valence-electron chi connectivity index (χ1n) is 5.69. The summed E-state index contributed by atoms with van der Waals surface area (Å²) in [5.41, 5.74) is 1.28. The van der Waals surface area contributed by atoms with E-state index in [1.165, 1.54) is 11.3 Å². The highest BCUT2D eigenvalue weighted by molar-refractivity contribution is 7.14. The number of hydrogen-bond donors (Lipinski definition) is 1. The summed E-state index contributed by atoms with van der Waals surface area (Å²) in [6.07, 6.45) is 0. The molecule has 0 bridgehead atoms. The Hall–Kier alpha value is -1.68. The van der Waals surface area contributed by atoms with Crippen LogP contribution in [0.3, 0.4) is 0 Å². The molecule has 2 aromatic rings. The van der Waals surface area contributed by atoms with Gasteiger partial charge in [-0.25, -0.2) is 9.78 Å². The third-order valence-corrected chi connectivity index (χ3v) is 3.98. The molecule has 0 aliphatic rings. The van der Waals surface area contributed by atoms with Crippen LogP contribution in [0.25, 0.3) is 11.3 Å². The highest BCUT2D eigenvalue weighted by Crippen LogP contribution is 2.34. The molecule has 1 heterocycles. The Bertz CT molecular complexity index is 567. The van der Waals surface area contributed by atoms with Gasteiger partial charge in [-0.1, -0.05) is 51.1 Å². The molecule has 1 N–H and O–H groups in total. The zero-order chi connectivity index (χ0) is 13.3. The molecule has 0 radical (unpaired) electrons. The highest BCUT2D eigenvalue weighted by Gasteiger charge is 2.25. The molecule has 1 aromatic heterocycles. The van der Waals surface area contributed by atoms with Crippen LogP contribution in [0.15, 0.2) is 30.3 Å². The van der Waals surface area contributed by atoms with E-state index in [2.05, 4.69) is 4.98 Å². The van der Waals surface area contributed by atoms with E-state index < -0.39 is 5.97 Å². The maximum atomic E-state index is 11.3. The second-order valence-electron chi connectivity index (χ2n) is 5.12. The number of carboxylic acids is 1. The number of nitrogens with zero attached hydrogens (tertiary/aromatic N) is 1. The average molecular weight is 261 g/mol. The van der Waals surface area contributed by atoms with E-state index >= 15 is 0 Å². The van der Waals surface area contributed by atoms with Gasteiger partial charge in [-0.05, 0) is 0 Å². The highest BCUT2D eigenvalue weighted by atomic mass is 32.1. The van der Waals surface area contributed by atoms with Crippen molar-refractivity contribution in [2.24, 2.45) is 0 Å². The lowest BCUT2D eigenvalue weighted by Crippen LogP contribution is -2.10. The summed E-state index contributed by atoms with van der Waals surface area (Å²) in [5, 5.41) is 10.1. The topological polar surface area (TPSA) is 50.2 Å². The van der Waals surface area contributed by atoms with Crippen molar-refractivity contribution in [3.05, 3.63) is 40.2 Å². The number of carboxylic acid groups (broad SMARTS) is 1. The number of benzene rings is 1. The van der Waals surface area contributed by atoms with Crippen LogP contribution in [0, 0.1) is 0 Å². The van der Waals surface area contributed by atoms with Gasteiger partial charge in [0.25, 0.3) is 0 Å². The summed E-state index contributed by atoms with van der Waals surface area (Å²) in [5.74, 6) is -0.915. The Labute approximate surface area is 110 Å². The van der Waals surface area contributed by atoms with Crippen LogP contribution in [0.1, 0.15) is 35.5 Å². The zero-order valence-corrected chi connectivity index (χ0v) is 11.4. The molecule has 94 valence electrons. The second-order valence-corrected chi connectivity index (χ2v) is 6.12. The molecule has 0 amide bonds. The van der Waals surface area contributed by atoms with Gasteiger partial charge in [0.05, 0.1) is 10.7 Å². The van der Waals surface area contributed by atoms with Gasteiger partial charge in [0.15, 0.2) is 0 Å². The number of aromatic nitrogens is 1. The zero-order valence-electron chi connectivity index (χ0n) is 10.6. The van der Waals surface area contributed by atoms with Crippen LogP contribution < -0.4 is 0 Å². The fraction of sp³-hybridized carbons (Fsp3) is 0.286. The van der Waals surface area contributed by atoms with Crippen LogP contribution in [0.4, 0.5) is 0 Å². The molecule has 18 heavy (non-hydrogen) atoms. The van der Waals surface area contributed by atoms with Crippen LogP contribution in [0.5, 0.6) is 0 Å². The minimum absolute atomic E-state index is 0.137. The molecule has 4 heteroatoms. The minimum atomic E-state index is -0.915. The summed E-state index contributed by atoms with van der Waals surface area (Å²) in [6.45, 7) is 6.10. The van der Waals surface area contributed by atoms with Crippen LogP contribution in [-0.4, -0.2) is 16.1 Å². The van der Waals surface area contributed by atoms with Crippen molar-refractivity contribution in [2.45, 2.75) is 26.2 Å². The molecule has 0 saturated heterocycles. The van der Waals surface area contributed by atoms with Crippen LogP contribution >= 0.6 is 11.3 Å². The van der Waals surface area contributed by atoms with Gasteiger partial charge in [0.1, 0.15) is 4.88 Å². The molecule has 0 saturated carbocycles. The summed E-state index contributed by atoms with van der Waals surface area (Å²) < 4.78 is 0. The first kappa shape index (κ1) is 12.8. The van der Waals surface area contributed by atoms with Crippen molar-refractivity contribution in [3.63, 3.8) is 0 Å². The Morgan fingerprint density at radius 1 is 1.22 bits per heavy atom. The lowest BCUT2D eigenvalue weighted by Gasteiger charge is -2.13. The first-order chi connectivity index (χ1) is 8.39. The quantitative estimate of drug-likeness (QED) is 0.894. The van der Waals surface area contributed by atoms with Gasteiger partial charge in [-0.2, -0.15) is 0 Å². The largest absolute Gasteiger partial charge is 0.477 e. The number of hydrogen-bond acceptors (Lipinski definition) is 3. The van der Waals surface area contributed by atoms with Crippen LogP contribution in [-0.2, 0) is 5.41 Å². The molecule has 0 fully saturated rings. The van der Waals surface area contributed by atoms with E-state index in [0.717, 1.165) is 10.6 Å². The molecule has 1 aromatic carbocycles. The smallest absolute Gasteiger partial charge is 0.348 e. The Balaban J connectivity index is 2.60. The monoisotopic (exact) mass is 261 g/mol. The number of aromatic carboxylic acids is 1. The van der Waals surface area contributed by atoms with Gasteiger partial charge >= 0.3 is 5.97 Å². The lowest BCUT2D eigenvalue weighted by atomic mass is 9.98. The minimum Gasteiger partial charge on any atom is -0.477 e. The maximum absolute atomic E-state index is 11.3. The van der Waals surface area contributed by atoms with Crippen molar-refractivity contribution < 1.29 is 9.90 Å². The number of rotatable bonds is 2. The van der Waals surface area contributed by atoms with Gasteiger partial charge in [0.2, 0.25) is 0 Å². The third kappa shape index (κ3) is 2.43. The normalized spacial score (nSPS) is 11.5. The van der Waals surface area contributed by atoms with Gasteiger partial charge in [-0.15, -0.1) is 11.3 Å². The predicted octanol–water partition coefficient (Wildman–Crippen LogP) is 3.81. The SMILES string of the molecule is CC(C)(C)c1nc(-c2ccccc2)c(C(=O)O)s1. The standard InChI is InChI=1S/C14H15NO2S/c1-14(2,3)13-15-10(11(18-13)12(16)17)9-7-5-4-6-8-9/h4-8H,1-3H3,(H,16,17). The summed E-state index contributed by atoms with van der Waals surface area (Å²) >= 11 is 1.26. The Morgan fingerprint density at radius 2 is 1.83 bits per heavy atom. The van der Waals surface area contributed by atoms with Crippen molar-refractivity contribution in [1.82, 2.24) is 4.98 Å². The Morgan fingerprint density at radius 3 is 2.33 bits per heavy atom. The number of thiazole rings is 1. The molecule has 0 atom stereocenters. The molecular formula is C14H15NO2S. The second kappa shape index (κ2) is 4.53. The van der Waals surface area contributed by atoms with Gasteiger partial charge in [-0.3, -0.25) is 0 Å². The number of carbonyl (C=O) groups is 1. The molecule has 0 aliphatic heterocycles. The van der Waals surface area contributed by atoms with Gasteiger partial charge < -0.3 is 5.11 Å². The van der Waals surface area contributed by atoms with E-state index in [4.69, 9.17) is 0 Å². The van der Waals surface area contributed by atoms with E-state index in [-0.39, 0.29) is 5.41 Å². The fourth-order valence-corrected chi connectivity index (χ4v) is 2.56. The summed E-state index contributed by atoms with van der Waals surface area (Å²) in [4.78, 5) is 16.1. The molecule has 2 rings (SSSR count). The summed E-state index contributed by atoms with van der Waals surface area (Å²) in [7, 11) is 0. The van der Waals surface area contributed by atoms with E-state index in [1.54, 1.807) is 0 Å². The van der Waals surface area contributed by atoms with E-state index in [9.17, 15) is 9.90 Å². The van der Waals surface area contributed by atoms with Crippen molar-refractivity contribution in [2.75, 3.05) is 0 Å². The maximum Gasteiger partial charge on any atom is 0.348 e. The Kier molecular flexibility index (Phi) is 3.22. The van der Waals surface area contributed by atoms with Gasteiger partial charge in [0, 0.05) is 11.0 Å². The third-order valence-electron chi connectivity index (χ3n) is 2.51. The van der Waals surface area contributed by atoms with E-state index in [1.807, 2.05) is 51.1 Å². The summed E-state index contributed by atoms with van der Waals surface area (Å²) in [6, 6.07) is 9.44. The average Bonchev–Trinajstić information content (AvgIpc) is 2.74. The van der Waals surface area contributed by atoms with E-state index in [0.29, 0.717) is 10.6 Å². The van der Waals surface area contributed by atoms with Crippen molar-refractivity contribution in [3.8, 4) is 11.3 Å². The van der Waals surface area contributed by atoms with Crippen molar-refractivity contribution in [1.29, 1.82) is 0 Å². The molecular weight excluding hydrogens is 246 g/mol. The molecule has 3 nitrogen and oxygen atoms in total. The lowest BCUT2D eigenvalue weighted by molar-refractivity contribution is 0.0702. The molecule has 0 spiro atoms. The molecule has 0 unspecified atom stereocenters. The fourth-order valence-electron chi connectivity index (χ4n) is 1.58. The molecule has 0 aliphatic carbocycles. The predicted molar refractivity (Wildman–Crippen MR) is 73.2 cm³/mol. The first-order valence-corrected chi connectivity index (χ1v) is 6.51. The van der Waals surface area contributed by atoms with Crippen molar-refractivity contribution >= 4 is 17.3 Å².